The van der Waals surface area contributed by atoms with E-state index in [1.54, 1.807) is 20.8 Å². The smallest absolute Gasteiger partial charge is 0.255 e. The van der Waals surface area contributed by atoms with Crippen LogP contribution in [0.3, 0.4) is 0 Å². The van der Waals surface area contributed by atoms with Gasteiger partial charge in [0, 0.05) is 0 Å². The van der Waals surface area contributed by atoms with Gasteiger partial charge in [-0.15, -0.1) is 0 Å². The van der Waals surface area contributed by atoms with Crippen molar-refractivity contribution in [1.82, 2.24) is 0 Å². The number of nitrogens with two attached hydrogens (primary N) is 2. The van der Waals surface area contributed by atoms with Gasteiger partial charge in [0.15, 0.2) is 6.61 Å². The molecule has 4 N–H and O–H groups in total. The Bertz CT molecular complexity index is 594. The normalized spacial score (nSPS) is 11.3. The highest BCUT2D eigenvalue weighted by Crippen LogP contribution is 2.30. The Balaban J connectivity index is 3.34. The summed E-state index contributed by atoms with van der Waals surface area (Å²) in [5.41, 5.74) is 6.71. The second-order valence-corrected chi connectivity index (χ2v) is 5.60. The van der Waals surface area contributed by atoms with Crippen LogP contribution in [-0.4, -0.2) is 20.9 Å². The zero-order valence-electron chi connectivity index (χ0n) is 10.5. The van der Waals surface area contributed by atoms with Crippen molar-refractivity contribution in [3.63, 3.8) is 0 Å². The maximum Gasteiger partial charge on any atom is 0.255 e. The largest absolute Gasteiger partial charge is 0.483 e. The molecule has 0 spiro atoms. The van der Waals surface area contributed by atoms with Gasteiger partial charge in [-0.25, -0.2) is 13.6 Å². The molecule has 0 atom stereocenters. The van der Waals surface area contributed by atoms with E-state index in [9.17, 15) is 13.2 Å². The van der Waals surface area contributed by atoms with Gasteiger partial charge in [0.1, 0.15) is 5.75 Å². The molecule has 0 saturated heterocycles. The van der Waals surface area contributed by atoms with Crippen LogP contribution >= 0.6 is 0 Å². The van der Waals surface area contributed by atoms with Crippen LogP contribution in [0.5, 0.6) is 5.75 Å². The van der Waals surface area contributed by atoms with Crippen LogP contribution in [-0.2, 0) is 14.8 Å². The van der Waals surface area contributed by atoms with Gasteiger partial charge < -0.3 is 10.5 Å². The van der Waals surface area contributed by atoms with Crippen molar-refractivity contribution in [1.29, 1.82) is 0 Å². The van der Waals surface area contributed by atoms with Gasteiger partial charge in [0.2, 0.25) is 10.0 Å². The molecule has 18 heavy (non-hydrogen) atoms. The predicted molar refractivity (Wildman–Crippen MR) is 66.7 cm³/mol. The molecule has 0 bridgehead atoms. The van der Waals surface area contributed by atoms with Gasteiger partial charge >= 0.3 is 0 Å². The fourth-order valence-electron chi connectivity index (χ4n) is 1.68. The SMILES string of the molecule is Cc1cc(S(N)(=O)=O)c(C)c(C)c1OCC(N)=O. The molecule has 0 unspecified atom stereocenters. The van der Waals surface area contributed by atoms with Crippen LogP contribution in [0.25, 0.3) is 0 Å². The zero-order valence-corrected chi connectivity index (χ0v) is 11.3. The minimum atomic E-state index is -3.77. The first-order chi connectivity index (χ1) is 8.14. The van der Waals surface area contributed by atoms with Crippen molar-refractivity contribution in [2.24, 2.45) is 10.9 Å². The Labute approximate surface area is 106 Å². The molecular weight excluding hydrogens is 256 g/mol. The summed E-state index contributed by atoms with van der Waals surface area (Å²) in [5.74, 6) is -0.138. The first-order valence-electron chi connectivity index (χ1n) is 5.19. The third-order valence-corrected chi connectivity index (χ3v) is 3.68. The van der Waals surface area contributed by atoms with E-state index in [2.05, 4.69) is 0 Å². The van der Waals surface area contributed by atoms with Crippen LogP contribution in [0.4, 0.5) is 0 Å². The standard InChI is InChI=1S/C11H16N2O4S/c1-6-4-9(18(13,15)16)7(2)8(3)11(6)17-5-10(12)14/h4H,5H2,1-3H3,(H2,12,14)(H2,13,15,16). The summed E-state index contributed by atoms with van der Waals surface area (Å²) in [6.45, 7) is 4.76. The third kappa shape index (κ3) is 2.99. The van der Waals surface area contributed by atoms with E-state index in [-0.39, 0.29) is 11.5 Å². The molecule has 0 radical (unpaired) electrons. The summed E-state index contributed by atoms with van der Waals surface area (Å²) in [5, 5.41) is 5.12. The van der Waals surface area contributed by atoms with Crippen molar-refractivity contribution in [2.75, 3.05) is 6.61 Å². The molecule has 6 nitrogen and oxygen atoms in total. The number of carbonyl (C=O) groups excluding carboxylic acids is 1. The summed E-state index contributed by atoms with van der Waals surface area (Å²) < 4.78 is 28.1. The molecule has 0 aromatic heterocycles. The third-order valence-electron chi connectivity index (χ3n) is 2.64. The number of carbonyl (C=O) groups is 1. The monoisotopic (exact) mass is 272 g/mol. The van der Waals surface area contributed by atoms with Crippen LogP contribution in [0.15, 0.2) is 11.0 Å². The Kier molecular flexibility index (Phi) is 3.98. The van der Waals surface area contributed by atoms with Gasteiger partial charge in [-0.2, -0.15) is 0 Å². The maximum atomic E-state index is 11.4. The van der Waals surface area contributed by atoms with E-state index in [0.29, 0.717) is 22.4 Å². The number of primary amides is 1. The van der Waals surface area contributed by atoms with Crippen LogP contribution in [0.2, 0.25) is 0 Å². The maximum absolute atomic E-state index is 11.4. The lowest BCUT2D eigenvalue weighted by Gasteiger charge is -2.15. The highest BCUT2D eigenvalue weighted by Gasteiger charge is 2.18. The summed E-state index contributed by atoms with van der Waals surface area (Å²) in [6, 6.07) is 1.42. The van der Waals surface area contributed by atoms with Crippen molar-refractivity contribution in [2.45, 2.75) is 25.7 Å². The van der Waals surface area contributed by atoms with E-state index in [0.717, 1.165) is 0 Å². The lowest BCUT2D eigenvalue weighted by Crippen LogP contribution is -2.21. The van der Waals surface area contributed by atoms with Gasteiger partial charge in [0.05, 0.1) is 4.90 Å². The van der Waals surface area contributed by atoms with E-state index in [4.69, 9.17) is 15.6 Å². The average molecular weight is 272 g/mol. The van der Waals surface area contributed by atoms with Gasteiger partial charge in [-0.3, -0.25) is 4.79 Å². The molecule has 1 aromatic carbocycles. The fraction of sp³-hybridized carbons (Fsp3) is 0.364. The first-order valence-corrected chi connectivity index (χ1v) is 6.74. The molecule has 7 heteroatoms. The molecule has 0 fully saturated rings. The van der Waals surface area contributed by atoms with Gasteiger partial charge in [-0.05, 0) is 43.5 Å². The average Bonchev–Trinajstić information content (AvgIpc) is 2.21. The van der Waals surface area contributed by atoms with E-state index in [1.807, 2.05) is 0 Å². The van der Waals surface area contributed by atoms with Crippen molar-refractivity contribution < 1.29 is 17.9 Å². The van der Waals surface area contributed by atoms with E-state index in [1.165, 1.54) is 6.07 Å². The molecule has 1 amide bonds. The predicted octanol–water partition coefficient (Wildman–Crippen LogP) is 0.123. The summed E-state index contributed by atoms with van der Waals surface area (Å²) in [7, 11) is -3.77. The number of sulfonamides is 1. The number of aryl methyl sites for hydroxylation is 1. The number of ether oxygens (including phenoxy) is 1. The number of amides is 1. The Morgan fingerprint density at radius 2 is 1.83 bits per heavy atom. The van der Waals surface area contributed by atoms with E-state index < -0.39 is 15.9 Å². The number of hydrogen-bond acceptors (Lipinski definition) is 4. The van der Waals surface area contributed by atoms with Crippen molar-refractivity contribution in [3.8, 4) is 5.75 Å². The van der Waals surface area contributed by atoms with Crippen LogP contribution in [0.1, 0.15) is 16.7 Å². The Hall–Kier alpha value is -1.60. The Morgan fingerprint density at radius 1 is 1.28 bits per heavy atom. The molecule has 100 valence electrons. The van der Waals surface area contributed by atoms with Crippen molar-refractivity contribution in [3.05, 3.63) is 22.8 Å². The minimum absolute atomic E-state index is 0.0592. The highest BCUT2D eigenvalue weighted by atomic mass is 32.2. The van der Waals surface area contributed by atoms with Gasteiger partial charge in [0.25, 0.3) is 5.91 Å². The molecular formula is C11H16N2O4S. The zero-order chi connectivity index (χ0) is 14.1. The second kappa shape index (κ2) is 4.95. The summed E-state index contributed by atoms with van der Waals surface area (Å²) >= 11 is 0. The van der Waals surface area contributed by atoms with Crippen LogP contribution in [0, 0.1) is 20.8 Å². The molecule has 1 aromatic rings. The second-order valence-electron chi connectivity index (χ2n) is 4.07. The van der Waals surface area contributed by atoms with Crippen LogP contribution < -0.4 is 15.6 Å². The number of hydrogen-bond donors (Lipinski definition) is 2. The molecule has 0 aliphatic heterocycles. The summed E-state index contributed by atoms with van der Waals surface area (Å²) in [4.78, 5) is 10.7. The molecule has 1 rings (SSSR count). The summed E-state index contributed by atoms with van der Waals surface area (Å²) in [6.07, 6.45) is 0. The number of primary sulfonamides is 1. The number of rotatable bonds is 4. The minimum Gasteiger partial charge on any atom is -0.483 e. The Morgan fingerprint density at radius 3 is 2.28 bits per heavy atom. The lowest BCUT2D eigenvalue weighted by atomic mass is 10.1. The lowest BCUT2D eigenvalue weighted by molar-refractivity contribution is -0.119. The molecule has 0 saturated carbocycles. The van der Waals surface area contributed by atoms with E-state index >= 15 is 0 Å². The number of benzene rings is 1. The topological polar surface area (TPSA) is 112 Å². The molecule has 0 aliphatic rings. The molecule has 0 heterocycles. The van der Waals surface area contributed by atoms with Crippen molar-refractivity contribution >= 4 is 15.9 Å². The quantitative estimate of drug-likeness (QED) is 0.810. The fourth-order valence-corrected chi connectivity index (χ4v) is 2.60. The highest BCUT2D eigenvalue weighted by molar-refractivity contribution is 7.89. The first kappa shape index (κ1) is 14.5. The van der Waals surface area contributed by atoms with Gasteiger partial charge in [-0.1, -0.05) is 0 Å². The molecule has 0 aliphatic carbocycles.